The molecule has 1 fully saturated rings. The van der Waals surface area contributed by atoms with Crippen LogP contribution < -0.4 is 5.06 Å². The van der Waals surface area contributed by atoms with Crippen molar-refractivity contribution in [2.24, 2.45) is 0 Å². The van der Waals surface area contributed by atoms with Crippen LogP contribution in [0.15, 0.2) is 16.7 Å². The molecule has 0 spiro atoms. The van der Waals surface area contributed by atoms with E-state index in [1.807, 2.05) is 0 Å². The largest absolute Gasteiger partial charge is 0.272 e. The second-order valence-corrected chi connectivity index (χ2v) is 3.66. The standard InChI is InChI=1S/C8H8BrFN2O/c9-6-4-7(10)8(11-5-6)12-2-1-3-13-12/h4-5H,1-3H2. The maximum absolute atomic E-state index is 13.3. The van der Waals surface area contributed by atoms with Crippen molar-refractivity contribution in [1.82, 2.24) is 4.98 Å². The van der Waals surface area contributed by atoms with Gasteiger partial charge in [-0.25, -0.2) is 14.4 Å². The zero-order valence-corrected chi connectivity index (χ0v) is 8.42. The third-order valence-electron chi connectivity index (χ3n) is 1.78. The minimum absolute atomic E-state index is 0.265. The SMILES string of the molecule is Fc1cc(Br)cnc1N1CCCO1. The van der Waals surface area contributed by atoms with Crippen molar-refractivity contribution in [3.8, 4) is 0 Å². The van der Waals surface area contributed by atoms with Gasteiger partial charge in [0, 0.05) is 17.2 Å². The molecule has 1 aliphatic heterocycles. The molecule has 0 saturated carbocycles. The fourth-order valence-corrected chi connectivity index (χ4v) is 1.51. The number of aromatic nitrogens is 1. The van der Waals surface area contributed by atoms with Gasteiger partial charge in [-0.2, -0.15) is 0 Å². The van der Waals surface area contributed by atoms with Crippen LogP contribution in [0.2, 0.25) is 0 Å². The smallest absolute Gasteiger partial charge is 0.189 e. The first-order valence-electron chi connectivity index (χ1n) is 3.99. The first kappa shape index (κ1) is 8.90. The zero-order valence-electron chi connectivity index (χ0n) is 6.83. The summed E-state index contributed by atoms with van der Waals surface area (Å²) in [5.74, 6) is -0.100. The quantitative estimate of drug-likeness (QED) is 0.760. The van der Waals surface area contributed by atoms with Crippen LogP contribution in [0.5, 0.6) is 0 Å². The molecule has 1 aromatic rings. The van der Waals surface area contributed by atoms with Gasteiger partial charge in [-0.1, -0.05) is 0 Å². The van der Waals surface area contributed by atoms with Gasteiger partial charge in [0.1, 0.15) is 0 Å². The molecule has 13 heavy (non-hydrogen) atoms. The molecule has 2 rings (SSSR count). The van der Waals surface area contributed by atoms with Crippen molar-refractivity contribution in [2.75, 3.05) is 18.2 Å². The van der Waals surface area contributed by atoms with E-state index in [1.54, 1.807) is 6.20 Å². The number of pyridine rings is 1. The number of anilines is 1. The molecular formula is C8H8BrFN2O. The topological polar surface area (TPSA) is 25.4 Å². The van der Waals surface area contributed by atoms with Gasteiger partial charge in [-0.15, -0.1) is 0 Å². The fourth-order valence-electron chi connectivity index (χ4n) is 1.21. The third kappa shape index (κ3) is 1.81. The highest BCUT2D eigenvalue weighted by atomic mass is 79.9. The Balaban J connectivity index is 2.29. The molecule has 70 valence electrons. The predicted molar refractivity (Wildman–Crippen MR) is 49.8 cm³/mol. The van der Waals surface area contributed by atoms with E-state index in [-0.39, 0.29) is 11.6 Å². The first-order chi connectivity index (χ1) is 6.27. The Hall–Kier alpha value is -0.680. The lowest BCUT2D eigenvalue weighted by Gasteiger charge is -2.14. The van der Waals surface area contributed by atoms with Crippen LogP contribution in [0.25, 0.3) is 0 Å². The molecule has 3 nitrogen and oxygen atoms in total. The lowest BCUT2D eigenvalue weighted by molar-refractivity contribution is 0.164. The Kier molecular flexibility index (Phi) is 2.46. The fraction of sp³-hybridized carbons (Fsp3) is 0.375. The molecule has 1 aliphatic rings. The van der Waals surface area contributed by atoms with Crippen molar-refractivity contribution >= 4 is 21.7 Å². The van der Waals surface area contributed by atoms with Crippen LogP contribution in [0.1, 0.15) is 6.42 Å². The summed E-state index contributed by atoms with van der Waals surface area (Å²) in [5.41, 5.74) is 0. The van der Waals surface area contributed by atoms with Crippen molar-refractivity contribution < 1.29 is 9.23 Å². The van der Waals surface area contributed by atoms with Crippen molar-refractivity contribution in [1.29, 1.82) is 0 Å². The molecule has 0 unspecified atom stereocenters. The molecule has 0 N–H and O–H groups in total. The molecule has 0 radical (unpaired) electrons. The summed E-state index contributed by atoms with van der Waals surface area (Å²) in [6.45, 7) is 1.34. The van der Waals surface area contributed by atoms with E-state index >= 15 is 0 Å². The second-order valence-electron chi connectivity index (χ2n) is 2.75. The lowest BCUT2D eigenvalue weighted by Crippen LogP contribution is -2.18. The summed E-state index contributed by atoms with van der Waals surface area (Å²) in [4.78, 5) is 9.11. The number of hydroxylamine groups is 1. The summed E-state index contributed by atoms with van der Waals surface area (Å²) in [7, 11) is 0. The molecule has 0 aromatic carbocycles. The van der Waals surface area contributed by atoms with Gasteiger partial charge in [0.2, 0.25) is 0 Å². The maximum atomic E-state index is 13.3. The summed E-state index contributed by atoms with van der Waals surface area (Å²) in [6.07, 6.45) is 2.47. The summed E-state index contributed by atoms with van der Waals surface area (Å²) >= 11 is 3.14. The van der Waals surface area contributed by atoms with Gasteiger partial charge in [-0.05, 0) is 28.4 Å². The van der Waals surface area contributed by atoms with Crippen molar-refractivity contribution in [3.05, 3.63) is 22.6 Å². The Morgan fingerprint density at radius 3 is 3.08 bits per heavy atom. The lowest BCUT2D eigenvalue weighted by atomic mass is 10.4. The Labute approximate surface area is 83.6 Å². The summed E-state index contributed by atoms with van der Waals surface area (Å²) < 4.78 is 13.9. The van der Waals surface area contributed by atoms with E-state index in [2.05, 4.69) is 20.9 Å². The average Bonchev–Trinajstić information content (AvgIpc) is 2.56. The summed E-state index contributed by atoms with van der Waals surface area (Å²) in [6, 6.07) is 1.38. The van der Waals surface area contributed by atoms with E-state index in [0.717, 1.165) is 6.42 Å². The van der Waals surface area contributed by atoms with Gasteiger partial charge in [0.05, 0.1) is 6.61 Å². The molecular weight excluding hydrogens is 239 g/mol. The second kappa shape index (κ2) is 3.59. The number of rotatable bonds is 1. The van der Waals surface area contributed by atoms with Crippen LogP contribution in [-0.4, -0.2) is 18.1 Å². The van der Waals surface area contributed by atoms with Crippen LogP contribution in [0.3, 0.4) is 0 Å². The van der Waals surface area contributed by atoms with E-state index in [4.69, 9.17) is 4.84 Å². The van der Waals surface area contributed by atoms with Crippen LogP contribution in [0, 0.1) is 5.82 Å². The summed E-state index contributed by atoms with van der Waals surface area (Å²) in [5, 5.41) is 1.49. The Bertz CT molecular complexity index is 315. The molecule has 0 aliphatic carbocycles. The molecule has 0 atom stereocenters. The highest BCUT2D eigenvalue weighted by Gasteiger charge is 2.18. The van der Waals surface area contributed by atoms with Gasteiger partial charge >= 0.3 is 0 Å². The molecule has 5 heteroatoms. The first-order valence-corrected chi connectivity index (χ1v) is 4.78. The van der Waals surface area contributed by atoms with E-state index < -0.39 is 0 Å². The van der Waals surface area contributed by atoms with Crippen LogP contribution in [-0.2, 0) is 4.84 Å². The van der Waals surface area contributed by atoms with E-state index in [1.165, 1.54) is 11.1 Å². The normalized spacial score (nSPS) is 16.6. The van der Waals surface area contributed by atoms with E-state index in [9.17, 15) is 4.39 Å². The number of hydrogen-bond donors (Lipinski definition) is 0. The monoisotopic (exact) mass is 246 g/mol. The highest BCUT2D eigenvalue weighted by molar-refractivity contribution is 9.10. The Morgan fingerprint density at radius 2 is 2.46 bits per heavy atom. The molecule has 0 amide bonds. The number of hydrogen-bond acceptors (Lipinski definition) is 3. The average molecular weight is 247 g/mol. The van der Waals surface area contributed by atoms with Gasteiger partial charge in [-0.3, -0.25) is 4.84 Å². The molecule has 1 aromatic heterocycles. The van der Waals surface area contributed by atoms with Gasteiger partial charge < -0.3 is 0 Å². The zero-order chi connectivity index (χ0) is 9.26. The molecule has 1 saturated heterocycles. The van der Waals surface area contributed by atoms with E-state index in [0.29, 0.717) is 17.6 Å². The van der Waals surface area contributed by atoms with Crippen LogP contribution >= 0.6 is 15.9 Å². The number of halogens is 2. The van der Waals surface area contributed by atoms with Gasteiger partial charge in [0.25, 0.3) is 0 Å². The minimum Gasteiger partial charge on any atom is -0.272 e. The van der Waals surface area contributed by atoms with Crippen LogP contribution in [0.4, 0.5) is 10.2 Å². The third-order valence-corrected chi connectivity index (χ3v) is 2.21. The van der Waals surface area contributed by atoms with Gasteiger partial charge in [0.15, 0.2) is 11.6 Å². The maximum Gasteiger partial charge on any atom is 0.189 e. The minimum atomic E-state index is -0.365. The Morgan fingerprint density at radius 1 is 1.62 bits per heavy atom. The number of nitrogens with zero attached hydrogens (tertiary/aromatic N) is 2. The van der Waals surface area contributed by atoms with Crippen molar-refractivity contribution in [2.45, 2.75) is 6.42 Å². The molecule has 0 bridgehead atoms. The predicted octanol–water partition coefficient (Wildman–Crippen LogP) is 2.12. The highest BCUT2D eigenvalue weighted by Crippen LogP contribution is 2.22. The van der Waals surface area contributed by atoms with Crippen molar-refractivity contribution in [3.63, 3.8) is 0 Å². The molecule has 2 heterocycles.